The van der Waals surface area contributed by atoms with Crippen LogP contribution in [-0.2, 0) is 11.3 Å². The Morgan fingerprint density at radius 1 is 1.47 bits per heavy atom. The normalized spacial score (nSPS) is 20.9. The van der Waals surface area contributed by atoms with Gasteiger partial charge in [-0.3, -0.25) is 4.98 Å². The molecule has 106 valence electrons. The maximum atomic E-state index is 5.68. The number of rotatable bonds is 7. The summed E-state index contributed by atoms with van der Waals surface area (Å²) in [6.45, 7) is 6.16. The zero-order chi connectivity index (χ0) is 13.5. The van der Waals surface area contributed by atoms with Gasteiger partial charge in [0.25, 0.3) is 0 Å². The molecule has 19 heavy (non-hydrogen) atoms. The van der Waals surface area contributed by atoms with Crippen LogP contribution in [0.25, 0.3) is 0 Å². The van der Waals surface area contributed by atoms with Gasteiger partial charge in [-0.15, -0.1) is 0 Å². The predicted molar refractivity (Wildman–Crippen MR) is 77.0 cm³/mol. The van der Waals surface area contributed by atoms with E-state index >= 15 is 0 Å². The molecule has 2 rings (SSSR count). The molecule has 0 spiro atoms. The lowest BCUT2D eigenvalue weighted by atomic mass is 10.1. The number of hydrogen-bond donors (Lipinski definition) is 1. The van der Waals surface area contributed by atoms with Crippen molar-refractivity contribution in [3.63, 3.8) is 0 Å². The fourth-order valence-electron chi connectivity index (χ4n) is 2.49. The zero-order valence-corrected chi connectivity index (χ0v) is 12.0. The fourth-order valence-corrected chi connectivity index (χ4v) is 2.49. The summed E-state index contributed by atoms with van der Waals surface area (Å²) in [5, 5.41) is 3.56. The lowest BCUT2D eigenvalue weighted by Crippen LogP contribution is -2.40. The van der Waals surface area contributed by atoms with Gasteiger partial charge in [-0.25, -0.2) is 0 Å². The molecule has 0 aromatic carbocycles. The van der Waals surface area contributed by atoms with Gasteiger partial charge in [-0.05, 0) is 44.5 Å². The van der Waals surface area contributed by atoms with Gasteiger partial charge in [-0.2, -0.15) is 0 Å². The molecule has 4 nitrogen and oxygen atoms in total. The van der Waals surface area contributed by atoms with Gasteiger partial charge in [0.2, 0.25) is 0 Å². The molecule has 1 aromatic rings. The third-order valence-corrected chi connectivity index (χ3v) is 3.68. The summed E-state index contributed by atoms with van der Waals surface area (Å²) in [5.41, 5.74) is 1.31. The first-order valence-corrected chi connectivity index (χ1v) is 7.18. The zero-order valence-electron chi connectivity index (χ0n) is 12.0. The highest BCUT2D eigenvalue weighted by Crippen LogP contribution is 2.15. The summed E-state index contributed by atoms with van der Waals surface area (Å²) in [6, 6.07) is 4.59. The van der Waals surface area contributed by atoms with E-state index in [1.165, 1.54) is 18.4 Å². The van der Waals surface area contributed by atoms with Crippen LogP contribution in [0.4, 0.5) is 0 Å². The Hall–Kier alpha value is -0.970. The van der Waals surface area contributed by atoms with Crippen molar-refractivity contribution in [2.45, 2.75) is 38.5 Å². The molecule has 1 saturated heterocycles. The summed E-state index contributed by atoms with van der Waals surface area (Å²) in [7, 11) is 2.15. The van der Waals surface area contributed by atoms with Crippen molar-refractivity contribution in [1.82, 2.24) is 15.2 Å². The first kappa shape index (κ1) is 14.4. The lowest BCUT2D eigenvalue weighted by molar-refractivity contribution is 0.0829. The minimum atomic E-state index is 0.408. The van der Waals surface area contributed by atoms with E-state index in [-0.39, 0.29) is 0 Å². The average Bonchev–Trinajstić information content (AvgIpc) is 2.93. The van der Waals surface area contributed by atoms with Crippen LogP contribution in [0.1, 0.15) is 25.3 Å². The van der Waals surface area contributed by atoms with E-state index in [0.29, 0.717) is 12.1 Å². The van der Waals surface area contributed by atoms with Crippen LogP contribution >= 0.6 is 0 Å². The Labute approximate surface area is 116 Å². The molecule has 1 aromatic heterocycles. The first-order valence-electron chi connectivity index (χ1n) is 7.18. The predicted octanol–water partition coefficient (Wildman–Crippen LogP) is 1.67. The SMILES string of the molecule is CC(NCCN(C)Cc1ccncc1)C1CCCO1. The topological polar surface area (TPSA) is 37.4 Å². The molecule has 2 heterocycles. The third-order valence-electron chi connectivity index (χ3n) is 3.68. The molecule has 0 radical (unpaired) electrons. The maximum absolute atomic E-state index is 5.68. The quantitative estimate of drug-likeness (QED) is 0.812. The number of nitrogens with zero attached hydrogens (tertiary/aromatic N) is 2. The second-order valence-corrected chi connectivity index (χ2v) is 5.39. The van der Waals surface area contributed by atoms with Crippen LogP contribution in [0, 0.1) is 0 Å². The summed E-state index contributed by atoms with van der Waals surface area (Å²) < 4.78 is 5.68. The van der Waals surface area contributed by atoms with Crippen molar-refractivity contribution in [2.75, 3.05) is 26.7 Å². The van der Waals surface area contributed by atoms with Gasteiger partial charge in [0, 0.05) is 44.7 Å². The summed E-state index contributed by atoms with van der Waals surface area (Å²) in [5.74, 6) is 0. The molecule has 2 unspecified atom stereocenters. The smallest absolute Gasteiger partial charge is 0.0726 e. The van der Waals surface area contributed by atoms with Crippen molar-refractivity contribution < 1.29 is 4.74 Å². The minimum Gasteiger partial charge on any atom is -0.377 e. The van der Waals surface area contributed by atoms with Crippen molar-refractivity contribution in [1.29, 1.82) is 0 Å². The Bertz CT molecular complexity index is 352. The summed E-state index contributed by atoms with van der Waals surface area (Å²) in [4.78, 5) is 6.36. The summed E-state index contributed by atoms with van der Waals surface area (Å²) >= 11 is 0. The van der Waals surface area contributed by atoms with E-state index < -0.39 is 0 Å². The second kappa shape index (κ2) is 7.58. The number of ether oxygens (including phenoxy) is 1. The molecule has 0 aliphatic carbocycles. The number of aromatic nitrogens is 1. The van der Waals surface area contributed by atoms with Crippen LogP contribution in [0.2, 0.25) is 0 Å². The first-order chi connectivity index (χ1) is 9.25. The van der Waals surface area contributed by atoms with E-state index in [1.807, 2.05) is 12.4 Å². The molecule has 1 fully saturated rings. The van der Waals surface area contributed by atoms with Crippen LogP contribution in [0.5, 0.6) is 0 Å². The monoisotopic (exact) mass is 263 g/mol. The fraction of sp³-hybridized carbons (Fsp3) is 0.667. The van der Waals surface area contributed by atoms with Gasteiger partial charge >= 0.3 is 0 Å². The third kappa shape index (κ3) is 4.90. The lowest BCUT2D eigenvalue weighted by Gasteiger charge is -2.22. The van der Waals surface area contributed by atoms with Gasteiger partial charge in [-0.1, -0.05) is 0 Å². The number of hydrogen-bond acceptors (Lipinski definition) is 4. The molecule has 0 bridgehead atoms. The molecule has 1 aliphatic rings. The van der Waals surface area contributed by atoms with E-state index in [2.05, 4.69) is 41.3 Å². The molecular formula is C15H25N3O. The molecule has 0 amide bonds. The van der Waals surface area contributed by atoms with Crippen LogP contribution in [-0.4, -0.2) is 48.8 Å². The molecule has 1 N–H and O–H groups in total. The molecule has 1 aliphatic heterocycles. The maximum Gasteiger partial charge on any atom is 0.0726 e. The van der Waals surface area contributed by atoms with E-state index in [0.717, 1.165) is 26.2 Å². The van der Waals surface area contributed by atoms with E-state index in [9.17, 15) is 0 Å². The van der Waals surface area contributed by atoms with Crippen molar-refractivity contribution in [3.8, 4) is 0 Å². The van der Waals surface area contributed by atoms with Gasteiger partial charge < -0.3 is 15.0 Å². The molecule has 4 heteroatoms. The van der Waals surface area contributed by atoms with E-state index in [4.69, 9.17) is 4.74 Å². The van der Waals surface area contributed by atoms with Gasteiger partial charge in [0.1, 0.15) is 0 Å². The van der Waals surface area contributed by atoms with Crippen LogP contribution < -0.4 is 5.32 Å². The standard InChI is InChI=1S/C15H25N3O/c1-13(15-4-3-11-19-15)17-9-10-18(2)12-14-5-7-16-8-6-14/h5-8,13,15,17H,3-4,9-12H2,1-2H3. The van der Waals surface area contributed by atoms with Gasteiger partial charge in [0.05, 0.1) is 6.10 Å². The highest BCUT2D eigenvalue weighted by molar-refractivity contribution is 5.09. The molecule has 2 atom stereocenters. The van der Waals surface area contributed by atoms with E-state index in [1.54, 1.807) is 0 Å². The van der Waals surface area contributed by atoms with Crippen LogP contribution in [0.3, 0.4) is 0 Å². The highest BCUT2D eigenvalue weighted by Gasteiger charge is 2.21. The number of likely N-dealkylation sites (N-methyl/N-ethyl adjacent to an activating group) is 1. The second-order valence-electron chi connectivity index (χ2n) is 5.39. The number of nitrogens with one attached hydrogen (secondary N) is 1. The minimum absolute atomic E-state index is 0.408. The summed E-state index contributed by atoms with van der Waals surface area (Å²) in [6.07, 6.45) is 6.51. The Morgan fingerprint density at radius 2 is 2.26 bits per heavy atom. The largest absolute Gasteiger partial charge is 0.377 e. The Balaban J connectivity index is 1.62. The van der Waals surface area contributed by atoms with Crippen molar-refractivity contribution in [2.24, 2.45) is 0 Å². The van der Waals surface area contributed by atoms with Gasteiger partial charge in [0.15, 0.2) is 0 Å². The Morgan fingerprint density at radius 3 is 2.95 bits per heavy atom. The average molecular weight is 263 g/mol. The Kier molecular flexibility index (Phi) is 5.76. The van der Waals surface area contributed by atoms with Crippen LogP contribution in [0.15, 0.2) is 24.5 Å². The highest BCUT2D eigenvalue weighted by atomic mass is 16.5. The van der Waals surface area contributed by atoms with Crippen molar-refractivity contribution in [3.05, 3.63) is 30.1 Å². The molecule has 0 saturated carbocycles. The van der Waals surface area contributed by atoms with Crippen molar-refractivity contribution >= 4 is 0 Å². The number of pyridine rings is 1. The molecular weight excluding hydrogens is 238 g/mol.